The molecule has 0 aliphatic carbocycles. The van der Waals surface area contributed by atoms with Gasteiger partial charge in [0, 0.05) is 4.88 Å². The predicted octanol–water partition coefficient (Wildman–Crippen LogP) is 5.94. The van der Waals surface area contributed by atoms with E-state index in [9.17, 15) is 0 Å². The minimum atomic E-state index is -0.185. The van der Waals surface area contributed by atoms with Gasteiger partial charge in [0.25, 0.3) is 0 Å². The fourth-order valence-corrected chi connectivity index (χ4v) is 3.91. The predicted molar refractivity (Wildman–Crippen MR) is 93.2 cm³/mol. The van der Waals surface area contributed by atoms with Gasteiger partial charge in [-0.15, -0.1) is 22.9 Å². The first kappa shape index (κ1) is 16.7. The van der Waals surface area contributed by atoms with Gasteiger partial charge in [0.05, 0.1) is 22.4 Å². The molecule has 5 heteroatoms. The van der Waals surface area contributed by atoms with E-state index >= 15 is 0 Å². The Kier molecular flexibility index (Phi) is 5.97. The molecule has 0 aliphatic rings. The topological polar surface area (TPSA) is 18.5 Å². The maximum Gasteiger partial charge on any atom is 0.161 e. The minimum Gasteiger partial charge on any atom is -0.490 e. The molecule has 1 heterocycles. The summed E-state index contributed by atoms with van der Waals surface area (Å²) < 4.78 is 12.4. The quantitative estimate of drug-likeness (QED) is 0.569. The largest absolute Gasteiger partial charge is 0.490 e. The van der Waals surface area contributed by atoms with Crippen LogP contribution in [0.4, 0.5) is 0 Å². The molecular weight excluding hydrogens is 372 g/mol. The second-order valence-corrected chi connectivity index (χ2v) is 7.38. The average Bonchev–Trinajstić information content (AvgIpc) is 2.80. The highest BCUT2D eigenvalue weighted by Crippen LogP contribution is 2.40. The lowest BCUT2D eigenvalue weighted by Crippen LogP contribution is -2.00. The van der Waals surface area contributed by atoms with Gasteiger partial charge in [0.15, 0.2) is 11.5 Å². The average molecular weight is 390 g/mol. The first-order chi connectivity index (χ1) is 10.1. The number of benzene rings is 1. The summed E-state index contributed by atoms with van der Waals surface area (Å²) in [7, 11) is 0. The molecule has 0 N–H and O–H groups in total. The van der Waals surface area contributed by atoms with Crippen LogP contribution in [0, 0.1) is 6.92 Å². The summed E-state index contributed by atoms with van der Waals surface area (Å²) in [5.74, 6) is 1.50. The monoisotopic (exact) mass is 388 g/mol. The molecule has 0 saturated heterocycles. The highest BCUT2D eigenvalue weighted by molar-refractivity contribution is 9.11. The number of ether oxygens (including phenoxy) is 2. The van der Waals surface area contributed by atoms with Crippen LogP contribution in [0.3, 0.4) is 0 Å². The maximum atomic E-state index is 6.61. The number of aryl methyl sites for hydroxylation is 1. The number of halogens is 2. The molecule has 1 aromatic carbocycles. The van der Waals surface area contributed by atoms with Crippen LogP contribution >= 0.6 is 38.9 Å². The van der Waals surface area contributed by atoms with Crippen molar-refractivity contribution >= 4 is 38.9 Å². The van der Waals surface area contributed by atoms with Gasteiger partial charge in [-0.3, -0.25) is 0 Å². The summed E-state index contributed by atoms with van der Waals surface area (Å²) in [6.45, 7) is 7.19. The van der Waals surface area contributed by atoms with E-state index in [2.05, 4.69) is 28.9 Å². The zero-order valence-corrected chi connectivity index (χ0v) is 15.4. The zero-order valence-electron chi connectivity index (χ0n) is 12.3. The van der Waals surface area contributed by atoms with Crippen LogP contribution in [0.25, 0.3) is 0 Å². The molecule has 21 heavy (non-hydrogen) atoms. The first-order valence-electron chi connectivity index (χ1n) is 6.86. The van der Waals surface area contributed by atoms with Crippen LogP contribution in [-0.2, 0) is 0 Å². The third kappa shape index (κ3) is 3.93. The van der Waals surface area contributed by atoms with Crippen molar-refractivity contribution < 1.29 is 9.47 Å². The van der Waals surface area contributed by atoms with E-state index in [1.54, 1.807) is 11.3 Å². The fraction of sp³-hybridized carbons (Fsp3) is 0.375. The molecule has 2 aromatic rings. The molecule has 0 saturated carbocycles. The molecule has 0 radical (unpaired) electrons. The van der Waals surface area contributed by atoms with Gasteiger partial charge in [-0.2, -0.15) is 0 Å². The Hall–Kier alpha value is -0.710. The molecule has 2 nitrogen and oxygen atoms in total. The van der Waals surface area contributed by atoms with Gasteiger partial charge in [0.2, 0.25) is 0 Å². The summed E-state index contributed by atoms with van der Waals surface area (Å²) >= 11 is 11.8. The molecule has 0 fully saturated rings. The third-order valence-electron chi connectivity index (χ3n) is 2.99. The Labute approximate surface area is 143 Å². The van der Waals surface area contributed by atoms with Crippen LogP contribution < -0.4 is 9.47 Å². The van der Waals surface area contributed by atoms with E-state index in [0.717, 1.165) is 25.7 Å². The Morgan fingerprint density at radius 3 is 2.38 bits per heavy atom. The zero-order chi connectivity index (χ0) is 15.4. The third-order valence-corrected chi connectivity index (χ3v) is 5.80. The van der Waals surface area contributed by atoms with Gasteiger partial charge < -0.3 is 9.47 Å². The van der Waals surface area contributed by atoms with Crippen LogP contribution in [0.2, 0.25) is 0 Å². The second-order valence-electron chi connectivity index (χ2n) is 4.54. The molecule has 0 spiro atoms. The molecule has 1 unspecified atom stereocenters. The molecule has 0 amide bonds. The first-order valence-corrected chi connectivity index (χ1v) is 8.90. The fourth-order valence-electron chi connectivity index (χ4n) is 2.00. The molecule has 1 aromatic heterocycles. The van der Waals surface area contributed by atoms with Crippen molar-refractivity contribution in [2.24, 2.45) is 0 Å². The lowest BCUT2D eigenvalue weighted by molar-refractivity contribution is 0.287. The van der Waals surface area contributed by atoms with E-state index in [1.807, 2.05) is 32.0 Å². The van der Waals surface area contributed by atoms with E-state index in [0.29, 0.717) is 13.2 Å². The summed E-state index contributed by atoms with van der Waals surface area (Å²) in [4.78, 5) is 1.12. The summed E-state index contributed by atoms with van der Waals surface area (Å²) in [5.41, 5.74) is 2.22. The molecule has 0 aliphatic heterocycles. The second kappa shape index (κ2) is 7.52. The summed E-state index contributed by atoms with van der Waals surface area (Å²) in [5, 5.41) is -0.185. The van der Waals surface area contributed by atoms with Gasteiger partial charge in [-0.25, -0.2) is 0 Å². The lowest BCUT2D eigenvalue weighted by atomic mass is 10.1. The summed E-state index contributed by atoms with van der Waals surface area (Å²) in [6, 6.07) is 8.00. The highest BCUT2D eigenvalue weighted by atomic mass is 79.9. The van der Waals surface area contributed by atoms with Crippen molar-refractivity contribution in [2.45, 2.75) is 26.1 Å². The Balaban J connectivity index is 2.32. The number of thiophene rings is 1. The van der Waals surface area contributed by atoms with Crippen LogP contribution in [0.1, 0.15) is 35.2 Å². The minimum absolute atomic E-state index is 0.185. The number of hydrogen-bond donors (Lipinski definition) is 0. The maximum absolute atomic E-state index is 6.61. The molecule has 114 valence electrons. The Bertz CT molecular complexity index is 593. The SMILES string of the molecule is CCOc1ccc(C(Cl)c2cc(C)c(Br)s2)cc1OCC. The summed E-state index contributed by atoms with van der Waals surface area (Å²) in [6.07, 6.45) is 0. The van der Waals surface area contributed by atoms with Crippen molar-refractivity contribution in [1.82, 2.24) is 0 Å². The van der Waals surface area contributed by atoms with Crippen molar-refractivity contribution in [3.8, 4) is 11.5 Å². The Morgan fingerprint density at radius 2 is 1.81 bits per heavy atom. The van der Waals surface area contributed by atoms with Gasteiger partial charge >= 0.3 is 0 Å². The van der Waals surface area contributed by atoms with Crippen LogP contribution in [0.5, 0.6) is 11.5 Å². The molecular formula is C16H18BrClO2S. The van der Waals surface area contributed by atoms with Crippen LogP contribution in [0.15, 0.2) is 28.1 Å². The molecule has 1 atom stereocenters. The van der Waals surface area contributed by atoms with Gasteiger partial charge in [0.1, 0.15) is 0 Å². The van der Waals surface area contributed by atoms with Crippen molar-refractivity contribution in [3.63, 3.8) is 0 Å². The van der Waals surface area contributed by atoms with E-state index < -0.39 is 0 Å². The van der Waals surface area contributed by atoms with Crippen molar-refractivity contribution in [3.05, 3.63) is 44.1 Å². The van der Waals surface area contributed by atoms with Gasteiger partial charge in [-0.1, -0.05) is 6.07 Å². The van der Waals surface area contributed by atoms with E-state index in [1.165, 1.54) is 5.56 Å². The van der Waals surface area contributed by atoms with Crippen LogP contribution in [-0.4, -0.2) is 13.2 Å². The smallest absolute Gasteiger partial charge is 0.161 e. The lowest BCUT2D eigenvalue weighted by Gasteiger charge is -2.14. The molecule has 0 bridgehead atoms. The number of hydrogen-bond acceptors (Lipinski definition) is 3. The van der Waals surface area contributed by atoms with Crippen molar-refractivity contribution in [1.29, 1.82) is 0 Å². The standard InChI is InChI=1S/C16H18BrClO2S/c1-4-19-12-7-6-11(9-13(12)20-5-2)15(18)14-8-10(3)16(17)21-14/h6-9,15H,4-5H2,1-3H3. The highest BCUT2D eigenvalue weighted by Gasteiger charge is 2.17. The number of alkyl halides is 1. The van der Waals surface area contributed by atoms with E-state index in [-0.39, 0.29) is 5.38 Å². The number of rotatable bonds is 6. The van der Waals surface area contributed by atoms with E-state index in [4.69, 9.17) is 21.1 Å². The molecule has 2 rings (SSSR count). The Morgan fingerprint density at radius 1 is 1.14 bits per heavy atom. The van der Waals surface area contributed by atoms with Gasteiger partial charge in [-0.05, 0) is 66.0 Å². The normalized spacial score (nSPS) is 12.2. The van der Waals surface area contributed by atoms with Crippen molar-refractivity contribution in [2.75, 3.05) is 13.2 Å².